The van der Waals surface area contributed by atoms with E-state index >= 15 is 0 Å². The van der Waals surface area contributed by atoms with Crippen LogP contribution in [0.15, 0.2) is 30.6 Å². The molecule has 2 rings (SSSR count). The first-order valence-corrected chi connectivity index (χ1v) is 6.69. The lowest BCUT2D eigenvalue weighted by Crippen LogP contribution is -2.13. The summed E-state index contributed by atoms with van der Waals surface area (Å²) >= 11 is 0. The van der Waals surface area contributed by atoms with Gasteiger partial charge in [-0.25, -0.2) is 9.97 Å². The van der Waals surface area contributed by atoms with Gasteiger partial charge in [0.25, 0.3) is 0 Å². The van der Waals surface area contributed by atoms with Crippen LogP contribution in [0.4, 0.5) is 5.82 Å². The zero-order chi connectivity index (χ0) is 14.8. The summed E-state index contributed by atoms with van der Waals surface area (Å²) in [5.74, 6) is 2.11. The molecular weight excluding hydrogens is 250 g/mol. The van der Waals surface area contributed by atoms with Crippen molar-refractivity contribution in [2.45, 2.75) is 33.1 Å². The summed E-state index contributed by atoms with van der Waals surface area (Å²) in [5, 5.41) is 2.98. The predicted octanol–water partition coefficient (Wildman–Crippen LogP) is 3.92. The summed E-state index contributed by atoms with van der Waals surface area (Å²) in [6.45, 7) is 8.61. The average Bonchev–Trinajstić information content (AvgIpc) is 2.40. The lowest BCUT2D eigenvalue weighted by Gasteiger charge is -2.23. The summed E-state index contributed by atoms with van der Waals surface area (Å²) in [5.41, 5.74) is 2.41. The molecule has 2 aromatic rings. The lowest BCUT2D eigenvalue weighted by molar-refractivity contribution is 0.439. The van der Waals surface area contributed by atoms with E-state index in [0.29, 0.717) is 5.88 Å². The first-order chi connectivity index (χ1) is 9.40. The Kier molecular flexibility index (Phi) is 3.93. The van der Waals surface area contributed by atoms with Crippen LogP contribution in [0.1, 0.15) is 31.9 Å². The van der Waals surface area contributed by atoms with E-state index in [4.69, 9.17) is 4.74 Å². The molecule has 0 atom stereocenters. The largest absolute Gasteiger partial charge is 0.439 e. The van der Waals surface area contributed by atoms with Crippen molar-refractivity contribution in [1.29, 1.82) is 0 Å². The SMILES string of the molecule is CNc1cc(Oc2ccc(C)cc2C(C)(C)C)ncn1. The van der Waals surface area contributed by atoms with E-state index < -0.39 is 0 Å². The fourth-order valence-corrected chi connectivity index (χ4v) is 1.96. The molecular formula is C16H21N3O. The van der Waals surface area contributed by atoms with Crippen LogP contribution in [-0.2, 0) is 5.41 Å². The lowest BCUT2D eigenvalue weighted by atomic mass is 9.85. The monoisotopic (exact) mass is 271 g/mol. The molecule has 0 aliphatic rings. The van der Waals surface area contributed by atoms with Gasteiger partial charge in [-0.1, -0.05) is 38.5 Å². The molecule has 0 spiro atoms. The third-order valence-electron chi connectivity index (χ3n) is 3.06. The van der Waals surface area contributed by atoms with Crippen molar-refractivity contribution < 1.29 is 4.74 Å². The molecule has 0 unspecified atom stereocenters. The van der Waals surface area contributed by atoms with Gasteiger partial charge in [0.2, 0.25) is 5.88 Å². The van der Waals surface area contributed by atoms with Gasteiger partial charge in [0, 0.05) is 18.7 Å². The molecule has 0 fully saturated rings. The average molecular weight is 271 g/mol. The Balaban J connectivity index is 2.38. The Bertz CT molecular complexity index is 603. The highest BCUT2D eigenvalue weighted by Gasteiger charge is 2.19. The van der Waals surface area contributed by atoms with Crippen molar-refractivity contribution in [3.63, 3.8) is 0 Å². The third kappa shape index (κ3) is 3.26. The second-order valence-corrected chi connectivity index (χ2v) is 5.84. The van der Waals surface area contributed by atoms with E-state index in [9.17, 15) is 0 Å². The van der Waals surface area contributed by atoms with Gasteiger partial charge < -0.3 is 10.1 Å². The van der Waals surface area contributed by atoms with Crippen molar-refractivity contribution in [1.82, 2.24) is 9.97 Å². The summed E-state index contributed by atoms with van der Waals surface area (Å²) in [4.78, 5) is 8.24. The molecule has 1 heterocycles. The molecule has 1 aromatic heterocycles. The number of aromatic nitrogens is 2. The number of nitrogens with one attached hydrogen (secondary N) is 1. The van der Waals surface area contributed by atoms with Crippen LogP contribution in [0.5, 0.6) is 11.6 Å². The summed E-state index contributed by atoms with van der Waals surface area (Å²) in [6, 6.07) is 7.99. The quantitative estimate of drug-likeness (QED) is 0.919. The first kappa shape index (κ1) is 14.3. The van der Waals surface area contributed by atoms with Crippen LogP contribution in [0.25, 0.3) is 0 Å². The molecule has 20 heavy (non-hydrogen) atoms. The van der Waals surface area contributed by atoms with E-state index in [2.05, 4.69) is 49.0 Å². The van der Waals surface area contributed by atoms with Gasteiger partial charge in [0.15, 0.2) is 0 Å². The Labute approximate surface area is 120 Å². The second-order valence-electron chi connectivity index (χ2n) is 5.84. The van der Waals surface area contributed by atoms with Gasteiger partial charge in [0.1, 0.15) is 17.9 Å². The Hall–Kier alpha value is -2.10. The summed E-state index contributed by atoms with van der Waals surface area (Å²) < 4.78 is 5.94. The van der Waals surface area contributed by atoms with Crippen LogP contribution < -0.4 is 10.1 Å². The van der Waals surface area contributed by atoms with Crippen LogP contribution in [0.3, 0.4) is 0 Å². The molecule has 1 aromatic carbocycles. The number of hydrogen-bond donors (Lipinski definition) is 1. The zero-order valence-electron chi connectivity index (χ0n) is 12.7. The standard InChI is InChI=1S/C16H21N3O/c1-11-6-7-13(12(8-11)16(2,3)4)20-15-9-14(17-5)18-10-19-15/h6-10H,1-5H3,(H,17,18,19). The first-order valence-electron chi connectivity index (χ1n) is 6.69. The summed E-state index contributed by atoms with van der Waals surface area (Å²) in [7, 11) is 1.82. The smallest absolute Gasteiger partial charge is 0.224 e. The topological polar surface area (TPSA) is 47.0 Å². The van der Waals surface area contributed by atoms with Gasteiger partial charge in [-0.05, 0) is 18.4 Å². The number of ether oxygens (including phenoxy) is 1. The van der Waals surface area contributed by atoms with Crippen LogP contribution in [-0.4, -0.2) is 17.0 Å². The molecule has 106 valence electrons. The number of anilines is 1. The molecule has 1 N–H and O–H groups in total. The van der Waals surface area contributed by atoms with Gasteiger partial charge >= 0.3 is 0 Å². The van der Waals surface area contributed by atoms with E-state index in [1.807, 2.05) is 19.2 Å². The third-order valence-corrected chi connectivity index (χ3v) is 3.06. The number of rotatable bonds is 3. The maximum Gasteiger partial charge on any atom is 0.224 e. The van der Waals surface area contributed by atoms with Crippen LogP contribution in [0.2, 0.25) is 0 Å². The van der Waals surface area contributed by atoms with Gasteiger partial charge in [-0.3, -0.25) is 0 Å². The molecule has 0 saturated heterocycles. The van der Waals surface area contributed by atoms with E-state index in [1.165, 1.54) is 17.5 Å². The van der Waals surface area contributed by atoms with Crippen molar-refractivity contribution >= 4 is 5.82 Å². The highest BCUT2D eigenvalue weighted by molar-refractivity contribution is 5.44. The number of aryl methyl sites for hydroxylation is 1. The van der Waals surface area contributed by atoms with Crippen LogP contribution >= 0.6 is 0 Å². The van der Waals surface area contributed by atoms with E-state index in [1.54, 1.807) is 6.07 Å². The Morgan fingerprint density at radius 1 is 1.10 bits per heavy atom. The molecule has 4 heteroatoms. The maximum absolute atomic E-state index is 5.94. The molecule has 0 radical (unpaired) electrons. The van der Waals surface area contributed by atoms with Gasteiger partial charge in [0.05, 0.1) is 0 Å². The number of benzene rings is 1. The second kappa shape index (κ2) is 5.49. The molecule has 0 amide bonds. The van der Waals surface area contributed by atoms with Gasteiger partial charge in [-0.15, -0.1) is 0 Å². The molecule has 0 aliphatic heterocycles. The van der Waals surface area contributed by atoms with Crippen molar-refractivity contribution in [3.8, 4) is 11.6 Å². The highest BCUT2D eigenvalue weighted by Crippen LogP contribution is 2.34. The zero-order valence-corrected chi connectivity index (χ0v) is 12.7. The van der Waals surface area contributed by atoms with Crippen molar-refractivity contribution in [2.24, 2.45) is 0 Å². The summed E-state index contributed by atoms with van der Waals surface area (Å²) in [6.07, 6.45) is 1.49. The molecule has 0 saturated carbocycles. The Morgan fingerprint density at radius 2 is 1.85 bits per heavy atom. The fraction of sp³-hybridized carbons (Fsp3) is 0.375. The minimum Gasteiger partial charge on any atom is -0.439 e. The fourth-order valence-electron chi connectivity index (χ4n) is 1.96. The Morgan fingerprint density at radius 3 is 2.50 bits per heavy atom. The van der Waals surface area contributed by atoms with Crippen molar-refractivity contribution in [2.75, 3.05) is 12.4 Å². The van der Waals surface area contributed by atoms with Gasteiger partial charge in [-0.2, -0.15) is 0 Å². The highest BCUT2D eigenvalue weighted by atomic mass is 16.5. The van der Waals surface area contributed by atoms with E-state index in [-0.39, 0.29) is 5.41 Å². The van der Waals surface area contributed by atoms with E-state index in [0.717, 1.165) is 11.6 Å². The molecule has 4 nitrogen and oxygen atoms in total. The number of hydrogen-bond acceptors (Lipinski definition) is 4. The predicted molar refractivity (Wildman–Crippen MR) is 81.5 cm³/mol. The molecule has 0 bridgehead atoms. The molecule has 0 aliphatic carbocycles. The number of nitrogens with zero attached hydrogens (tertiary/aromatic N) is 2. The normalized spacial score (nSPS) is 11.2. The van der Waals surface area contributed by atoms with Crippen molar-refractivity contribution in [3.05, 3.63) is 41.7 Å². The minimum absolute atomic E-state index is 0.0141. The maximum atomic E-state index is 5.94. The minimum atomic E-state index is 0.0141. The van der Waals surface area contributed by atoms with Crippen LogP contribution in [0, 0.1) is 6.92 Å².